The molecule has 41 heavy (non-hydrogen) atoms. The summed E-state index contributed by atoms with van der Waals surface area (Å²) < 4.78 is 0. The van der Waals surface area contributed by atoms with E-state index < -0.39 is 0 Å². The minimum absolute atomic E-state index is 0.356. The van der Waals surface area contributed by atoms with E-state index in [9.17, 15) is 0 Å². The van der Waals surface area contributed by atoms with E-state index in [0.717, 1.165) is 0 Å². The summed E-state index contributed by atoms with van der Waals surface area (Å²) in [4.78, 5) is 5.10. The van der Waals surface area contributed by atoms with Crippen LogP contribution < -0.4 is 0 Å². The van der Waals surface area contributed by atoms with Crippen LogP contribution in [0.2, 0.25) is 0 Å². The molecule has 1 unspecified atom stereocenters. The van der Waals surface area contributed by atoms with Gasteiger partial charge in [0.2, 0.25) is 0 Å². The van der Waals surface area contributed by atoms with Gasteiger partial charge in [0.1, 0.15) is 0 Å². The molecule has 2 heteroatoms. The van der Waals surface area contributed by atoms with Gasteiger partial charge in [-0.05, 0) is 49.2 Å². The lowest BCUT2D eigenvalue weighted by molar-refractivity contribution is 0.237. The number of nitrogens with zero attached hydrogens (tertiary/aromatic N) is 2. The van der Waals surface area contributed by atoms with E-state index in [1.165, 1.54) is 158 Å². The number of allylic oxidation sites excluding steroid dienone is 2. The zero-order valence-electron chi connectivity index (χ0n) is 27.7. The number of rotatable bonds is 25. The van der Waals surface area contributed by atoms with Gasteiger partial charge in [-0.3, -0.25) is 4.90 Å². The van der Waals surface area contributed by atoms with E-state index >= 15 is 0 Å². The van der Waals surface area contributed by atoms with E-state index in [2.05, 4.69) is 92.4 Å². The Bertz CT molecular complexity index is 810. The van der Waals surface area contributed by atoms with Gasteiger partial charge in [-0.15, -0.1) is 0 Å². The summed E-state index contributed by atoms with van der Waals surface area (Å²) in [5.74, 6) is 0. The lowest BCUT2D eigenvalue weighted by Crippen LogP contribution is -2.39. The van der Waals surface area contributed by atoms with Crippen LogP contribution in [0.25, 0.3) is 6.08 Å². The molecule has 1 aliphatic rings. The van der Waals surface area contributed by atoms with Crippen LogP contribution in [-0.4, -0.2) is 43.0 Å². The van der Waals surface area contributed by atoms with Crippen molar-refractivity contribution < 1.29 is 0 Å². The molecule has 0 spiro atoms. The molecule has 0 saturated heterocycles. The molecule has 1 aromatic rings. The largest absolute Gasteiger partial charge is 0.377 e. The fourth-order valence-electron chi connectivity index (χ4n) is 6.21. The highest BCUT2D eigenvalue weighted by Crippen LogP contribution is 2.29. The molecule has 1 aromatic carbocycles. The molecule has 0 aliphatic heterocycles. The highest BCUT2D eigenvalue weighted by molar-refractivity contribution is 5.62. The minimum atomic E-state index is 0.356. The van der Waals surface area contributed by atoms with E-state index in [4.69, 9.17) is 0 Å². The molecule has 232 valence electrons. The molecule has 1 aliphatic carbocycles. The van der Waals surface area contributed by atoms with Gasteiger partial charge in [-0.2, -0.15) is 0 Å². The van der Waals surface area contributed by atoms with Crippen molar-refractivity contribution >= 4 is 6.08 Å². The van der Waals surface area contributed by atoms with Gasteiger partial charge >= 0.3 is 0 Å². The Labute approximate surface area is 256 Å². The third kappa shape index (κ3) is 15.8. The third-order valence-corrected chi connectivity index (χ3v) is 8.76. The van der Waals surface area contributed by atoms with Gasteiger partial charge in [-0.1, -0.05) is 172 Å². The first-order chi connectivity index (χ1) is 20.2. The second-order valence-electron chi connectivity index (χ2n) is 12.7. The molecule has 0 saturated carbocycles. The van der Waals surface area contributed by atoms with Crippen LogP contribution in [0.1, 0.15) is 148 Å². The standard InChI is InChI=1S/C39H66N2/c1-5-7-9-11-13-15-17-19-21-26-33-41(34-27-22-20-18-16-14-12-10-8-6-2)39-32-28-31-38(40(3)4)37(39)35-36-29-24-23-25-30-36/h23-25,28-32,35,39H,5-22,26-27,33-34H2,1-4H3. The molecule has 0 fully saturated rings. The van der Waals surface area contributed by atoms with Crippen molar-refractivity contribution in [2.75, 3.05) is 27.2 Å². The zero-order valence-corrected chi connectivity index (χ0v) is 27.7. The third-order valence-electron chi connectivity index (χ3n) is 8.76. The fraction of sp³-hybridized carbons (Fsp3) is 0.692. The predicted molar refractivity (Wildman–Crippen MR) is 184 cm³/mol. The van der Waals surface area contributed by atoms with Gasteiger partial charge in [0.25, 0.3) is 0 Å². The quantitative estimate of drug-likeness (QED) is 0.109. The van der Waals surface area contributed by atoms with Crippen LogP contribution in [-0.2, 0) is 0 Å². The normalized spacial score (nSPS) is 16.1. The van der Waals surface area contributed by atoms with Gasteiger partial charge < -0.3 is 4.90 Å². The molecule has 0 N–H and O–H groups in total. The minimum Gasteiger partial charge on any atom is -0.377 e. The molecule has 2 nitrogen and oxygen atoms in total. The Kier molecular flexibility index (Phi) is 20.5. The molecular formula is C39H66N2. The van der Waals surface area contributed by atoms with Crippen molar-refractivity contribution in [1.82, 2.24) is 9.80 Å². The lowest BCUT2D eigenvalue weighted by Gasteiger charge is -2.36. The second-order valence-corrected chi connectivity index (χ2v) is 12.7. The topological polar surface area (TPSA) is 6.48 Å². The van der Waals surface area contributed by atoms with Crippen LogP contribution in [0.4, 0.5) is 0 Å². The Morgan fingerprint density at radius 3 is 1.46 bits per heavy atom. The predicted octanol–water partition coefficient (Wildman–Crippen LogP) is 11.6. The molecule has 1 atom stereocenters. The van der Waals surface area contributed by atoms with Gasteiger partial charge in [0.05, 0.1) is 6.04 Å². The van der Waals surface area contributed by atoms with Crippen molar-refractivity contribution in [2.45, 2.75) is 148 Å². The molecule has 0 radical (unpaired) electrons. The van der Waals surface area contributed by atoms with E-state index in [1.807, 2.05) is 0 Å². The van der Waals surface area contributed by atoms with Crippen molar-refractivity contribution in [3.8, 4) is 0 Å². The van der Waals surface area contributed by atoms with Gasteiger partial charge in [-0.25, -0.2) is 0 Å². The summed E-state index contributed by atoms with van der Waals surface area (Å²) >= 11 is 0. The number of likely N-dealkylation sites (N-methyl/N-ethyl adjacent to an activating group) is 1. The van der Waals surface area contributed by atoms with Crippen LogP contribution in [0, 0.1) is 0 Å². The maximum absolute atomic E-state index is 2.80. The first kappa shape index (κ1) is 35.4. The summed E-state index contributed by atoms with van der Waals surface area (Å²) in [6, 6.07) is 11.3. The summed E-state index contributed by atoms with van der Waals surface area (Å²) in [5.41, 5.74) is 4.09. The van der Waals surface area contributed by atoms with Crippen molar-refractivity contribution in [3.05, 3.63) is 65.4 Å². The van der Waals surface area contributed by atoms with Crippen LogP contribution in [0.3, 0.4) is 0 Å². The van der Waals surface area contributed by atoms with Gasteiger partial charge in [0.15, 0.2) is 0 Å². The van der Waals surface area contributed by atoms with Crippen molar-refractivity contribution in [2.24, 2.45) is 0 Å². The maximum Gasteiger partial charge on any atom is 0.0555 e. The van der Waals surface area contributed by atoms with E-state index in [1.54, 1.807) is 0 Å². The smallest absolute Gasteiger partial charge is 0.0555 e. The number of hydrogen-bond acceptors (Lipinski definition) is 2. The molecule has 0 aromatic heterocycles. The second kappa shape index (κ2) is 23.7. The SMILES string of the molecule is CCCCCCCCCCCCN(CCCCCCCCCCCC)C1C=CC=C(N(C)C)C1=Cc1ccccc1. The van der Waals surface area contributed by atoms with E-state index in [-0.39, 0.29) is 0 Å². The summed E-state index contributed by atoms with van der Waals surface area (Å²) in [7, 11) is 4.38. The first-order valence-electron chi connectivity index (χ1n) is 17.7. The Balaban J connectivity index is 1.92. The molecular weight excluding hydrogens is 496 g/mol. The van der Waals surface area contributed by atoms with Crippen molar-refractivity contribution in [3.63, 3.8) is 0 Å². The monoisotopic (exact) mass is 563 g/mol. The van der Waals surface area contributed by atoms with Crippen LogP contribution >= 0.6 is 0 Å². The van der Waals surface area contributed by atoms with Crippen molar-refractivity contribution in [1.29, 1.82) is 0 Å². The summed E-state index contributed by atoms with van der Waals surface area (Å²) in [6.45, 7) is 7.02. The van der Waals surface area contributed by atoms with E-state index in [0.29, 0.717) is 6.04 Å². The number of unbranched alkanes of at least 4 members (excludes halogenated alkanes) is 18. The lowest BCUT2D eigenvalue weighted by atomic mass is 9.93. The summed E-state index contributed by atoms with van der Waals surface area (Å²) in [5, 5.41) is 0. The molecule has 0 heterocycles. The van der Waals surface area contributed by atoms with Crippen LogP contribution in [0.15, 0.2) is 59.8 Å². The Hall–Kier alpha value is -1.80. The Morgan fingerprint density at radius 1 is 0.585 bits per heavy atom. The Morgan fingerprint density at radius 2 is 1.02 bits per heavy atom. The summed E-state index contributed by atoms with van der Waals surface area (Å²) in [6.07, 6.45) is 37.5. The zero-order chi connectivity index (χ0) is 29.4. The molecule has 0 amide bonds. The van der Waals surface area contributed by atoms with Gasteiger partial charge in [0, 0.05) is 19.8 Å². The maximum atomic E-state index is 2.80. The average molecular weight is 563 g/mol. The molecule has 0 bridgehead atoms. The fourth-order valence-corrected chi connectivity index (χ4v) is 6.21. The highest BCUT2D eigenvalue weighted by atomic mass is 15.2. The first-order valence-corrected chi connectivity index (χ1v) is 17.7. The number of benzene rings is 1. The number of hydrogen-bond donors (Lipinski definition) is 0. The molecule has 2 rings (SSSR count). The van der Waals surface area contributed by atoms with Crippen LogP contribution in [0.5, 0.6) is 0 Å². The average Bonchev–Trinajstić information content (AvgIpc) is 2.98. The highest BCUT2D eigenvalue weighted by Gasteiger charge is 2.25.